The van der Waals surface area contributed by atoms with Crippen LogP contribution in [0, 0.1) is 6.92 Å². The zero-order chi connectivity index (χ0) is 29.3. The molecule has 0 saturated heterocycles. The smallest absolute Gasteiger partial charge is 0.417 e. The van der Waals surface area contributed by atoms with Gasteiger partial charge in [-0.3, -0.25) is 0 Å². The van der Waals surface area contributed by atoms with Crippen LogP contribution < -0.4 is 15.6 Å². The Hall–Kier alpha value is -2.22. The summed E-state index contributed by atoms with van der Waals surface area (Å²) in [7, 11) is 2.96. The van der Waals surface area contributed by atoms with E-state index < -0.39 is 15.6 Å². The molecule has 0 N–H and O–H groups in total. The van der Waals surface area contributed by atoms with Crippen molar-refractivity contribution >= 4 is 31.2 Å². The molecule has 6 heteroatoms. The molecule has 3 rings (SSSR count). The summed E-state index contributed by atoms with van der Waals surface area (Å²) in [4.78, 5) is 0. The highest BCUT2D eigenvalue weighted by molar-refractivity contribution is 7.09. The summed E-state index contributed by atoms with van der Waals surface area (Å²) in [5, 5.41) is 3.63. The monoisotopic (exact) mass is 561 g/mol. The number of hydrogen-bond donors (Lipinski definition) is 0. The van der Waals surface area contributed by atoms with Gasteiger partial charge in [-0.15, -0.1) is 0 Å². The fourth-order valence-corrected chi connectivity index (χ4v) is 8.49. The van der Waals surface area contributed by atoms with Gasteiger partial charge in [0.15, 0.2) is 0 Å². The lowest BCUT2D eigenvalue weighted by molar-refractivity contribution is -0.883. The third-order valence-electron chi connectivity index (χ3n) is 6.53. The van der Waals surface area contributed by atoms with E-state index >= 15 is 0 Å². The molecular formula is C34H52BNO3Si. The number of rotatable bonds is 16. The Bertz CT molecular complexity index is 1010. The molecule has 0 amide bonds. The van der Waals surface area contributed by atoms with Crippen LogP contribution in [0.25, 0.3) is 0 Å². The van der Waals surface area contributed by atoms with E-state index in [0.29, 0.717) is 13.2 Å². The van der Waals surface area contributed by atoms with Gasteiger partial charge in [0.25, 0.3) is 8.32 Å². The molecule has 0 heterocycles. The molecular weight excluding hydrogens is 509 g/mol. The maximum Gasteiger partial charge on any atom is 0.629 e. The second-order valence-corrected chi connectivity index (χ2v) is 14.5. The Morgan fingerprint density at radius 3 is 1.55 bits per heavy atom. The van der Waals surface area contributed by atoms with Crippen molar-refractivity contribution in [3.63, 3.8) is 0 Å². The van der Waals surface area contributed by atoms with Crippen molar-refractivity contribution in [2.45, 2.75) is 65.8 Å². The fourth-order valence-electron chi connectivity index (χ4n) is 4.44. The molecule has 218 valence electrons. The topological polar surface area (TPSA) is 27.7 Å². The van der Waals surface area contributed by atoms with Crippen LogP contribution in [0.3, 0.4) is 0 Å². The van der Waals surface area contributed by atoms with Crippen molar-refractivity contribution in [2.24, 2.45) is 0 Å². The molecule has 0 spiro atoms. The van der Waals surface area contributed by atoms with Crippen molar-refractivity contribution in [1.82, 2.24) is 0 Å². The van der Waals surface area contributed by atoms with E-state index in [4.69, 9.17) is 13.7 Å². The number of nitrogens with zero attached hydrogens (tertiary/aromatic N) is 1. The zero-order valence-electron chi connectivity index (χ0n) is 25.9. The van der Waals surface area contributed by atoms with Gasteiger partial charge in [0.1, 0.15) is 6.54 Å². The maximum atomic E-state index is 7.23. The maximum absolute atomic E-state index is 7.23. The van der Waals surface area contributed by atoms with E-state index in [9.17, 15) is 0 Å². The van der Waals surface area contributed by atoms with Crippen LogP contribution >= 0.6 is 0 Å². The van der Waals surface area contributed by atoms with Crippen LogP contribution in [0.2, 0.25) is 0 Å². The highest BCUT2D eigenvalue weighted by Gasteiger charge is 2.47. The largest absolute Gasteiger partial charge is 0.629 e. The average Bonchev–Trinajstić information content (AvgIpc) is 2.96. The minimum absolute atomic E-state index is 0.613. The molecule has 0 aliphatic rings. The molecule has 0 atom stereocenters. The van der Waals surface area contributed by atoms with E-state index in [1.807, 2.05) is 0 Å². The van der Waals surface area contributed by atoms with Crippen LogP contribution in [-0.2, 0) is 20.2 Å². The van der Waals surface area contributed by atoms with Gasteiger partial charge in [-0.05, 0) is 28.4 Å². The fraction of sp³-hybridized carbons (Fsp3) is 0.441. The summed E-state index contributed by atoms with van der Waals surface area (Å²) in [6.45, 7) is 12.2. The Morgan fingerprint density at radius 2 is 1.12 bits per heavy atom. The molecule has 4 nitrogen and oxygen atoms in total. The van der Waals surface area contributed by atoms with Gasteiger partial charge < -0.3 is 25.1 Å². The summed E-state index contributed by atoms with van der Waals surface area (Å²) < 4.78 is 20.6. The number of unbranched alkanes of at least 4 members (excludes halogenated alkanes) is 3. The van der Waals surface area contributed by atoms with Crippen LogP contribution in [0.4, 0.5) is 0 Å². The molecule has 0 bridgehead atoms. The lowest BCUT2D eigenvalue weighted by Crippen LogP contribution is -2.72. The zero-order valence-corrected chi connectivity index (χ0v) is 26.9. The van der Waals surface area contributed by atoms with E-state index in [1.165, 1.54) is 27.5 Å². The lowest BCUT2D eigenvalue weighted by Gasteiger charge is -2.37. The Morgan fingerprint density at radius 1 is 0.675 bits per heavy atom. The van der Waals surface area contributed by atoms with Gasteiger partial charge >= 0.3 is 7.32 Å². The third kappa shape index (κ3) is 10.6. The normalized spacial score (nSPS) is 11.6. The van der Waals surface area contributed by atoms with Gasteiger partial charge in [-0.25, -0.2) is 0 Å². The first kappa shape index (κ1) is 34.0. The second kappa shape index (κ2) is 18.3. The van der Waals surface area contributed by atoms with E-state index in [1.54, 1.807) is 0 Å². The minimum atomic E-state index is -3.01. The van der Waals surface area contributed by atoms with Crippen LogP contribution in [0.1, 0.15) is 64.9 Å². The molecule has 3 aromatic carbocycles. The summed E-state index contributed by atoms with van der Waals surface area (Å²) in [5.74, 6) is 0. The second-order valence-electron chi connectivity index (χ2n) is 11.2. The number of hydrogen-bond acceptors (Lipinski definition) is 3. The quantitative estimate of drug-likeness (QED) is 0.0694. The van der Waals surface area contributed by atoms with Gasteiger partial charge in [0.2, 0.25) is 0 Å². The SMILES string of the molecule is CCCCOB(OCCCC)O[Si](c1ccccc1)(c1ccccc1)c1ccccc1C[N+](C)(C)C.[CH2-]CCC. The van der Waals surface area contributed by atoms with Crippen LogP contribution in [0.5, 0.6) is 0 Å². The molecule has 0 unspecified atom stereocenters. The van der Waals surface area contributed by atoms with Crippen molar-refractivity contribution in [3.05, 3.63) is 97.4 Å². The van der Waals surface area contributed by atoms with E-state index in [0.717, 1.165) is 43.1 Å². The molecule has 3 aromatic rings. The molecule has 0 radical (unpaired) electrons. The summed E-state index contributed by atoms with van der Waals surface area (Å²) in [6.07, 6.45) is 6.35. The van der Waals surface area contributed by atoms with E-state index in [-0.39, 0.29) is 0 Å². The van der Waals surface area contributed by atoms with Gasteiger partial charge in [0, 0.05) is 18.8 Å². The summed E-state index contributed by atoms with van der Waals surface area (Å²) in [6, 6.07) is 30.2. The molecule has 0 saturated carbocycles. The summed E-state index contributed by atoms with van der Waals surface area (Å²) in [5.41, 5.74) is 1.30. The molecule has 40 heavy (non-hydrogen) atoms. The predicted octanol–water partition coefficient (Wildman–Crippen LogP) is 6.12. The van der Waals surface area contributed by atoms with Gasteiger partial charge in [-0.1, -0.05) is 125 Å². The van der Waals surface area contributed by atoms with Gasteiger partial charge in [0.05, 0.1) is 21.1 Å². The van der Waals surface area contributed by atoms with Crippen LogP contribution in [-0.4, -0.2) is 54.5 Å². The van der Waals surface area contributed by atoms with Gasteiger partial charge in [-0.2, -0.15) is 6.42 Å². The first-order valence-electron chi connectivity index (χ1n) is 15.0. The first-order chi connectivity index (χ1) is 19.3. The highest BCUT2D eigenvalue weighted by Crippen LogP contribution is 2.17. The van der Waals surface area contributed by atoms with Crippen molar-refractivity contribution < 1.29 is 18.1 Å². The van der Waals surface area contributed by atoms with Crippen molar-refractivity contribution in [1.29, 1.82) is 0 Å². The van der Waals surface area contributed by atoms with E-state index in [2.05, 4.69) is 134 Å². The van der Waals surface area contributed by atoms with Crippen LogP contribution in [0.15, 0.2) is 84.9 Å². The Kier molecular flexibility index (Phi) is 15.5. The van der Waals surface area contributed by atoms with Crippen molar-refractivity contribution in [2.75, 3.05) is 34.4 Å². The first-order valence-corrected chi connectivity index (χ1v) is 16.9. The van der Waals surface area contributed by atoms with Crippen molar-refractivity contribution in [3.8, 4) is 0 Å². The molecule has 0 aliphatic heterocycles. The lowest BCUT2D eigenvalue weighted by atomic mass is 10.2. The minimum Gasteiger partial charge on any atom is -0.417 e. The molecule has 0 aliphatic carbocycles. The highest BCUT2D eigenvalue weighted by atomic mass is 28.4. The standard InChI is InChI=1S/C30H43BNO3Si.C4H9/c1-6-8-24-33-31(34-25-9-7-2)35-36(28-19-12-10-13-20-28,29-21-14-11-15-22-29)30-23-17-16-18-27(30)26-32(3,4)5;1-3-4-2/h10-23H,6-9,24-26H2,1-5H3;1,3-4H2,2H3/q+1;-1. The Labute approximate surface area is 246 Å². The third-order valence-corrected chi connectivity index (χ3v) is 10.6. The predicted molar refractivity (Wildman–Crippen MR) is 175 cm³/mol. The molecule has 0 aromatic heterocycles. The number of quaternary nitrogens is 1. The average molecular weight is 562 g/mol. The molecule has 0 fully saturated rings. The summed E-state index contributed by atoms with van der Waals surface area (Å²) >= 11 is 0. The Balaban J connectivity index is 0.00000131. The number of benzene rings is 3.